The standard InChI is InChI=1S/C24H27ClFN3O4S.C23H25ClFN3O2/c1-33-23-11-17(22(12-21(23)25)27-34(2,31)32)5-10-24(30)29-19-8-9-20(29)15-28(14-19)13-16-3-6-18(26)7-4-16;1-30-22-10-16(21(26)11-20(22)24)4-9-23(29)28-18-7-8-19(28)14-27(13-18)12-15-2-5-17(25)6-3-15/h3-7,10-12,19-20,27H,8-9,13-15H2,1-2H3;2-6,9-11,18-19H,7-8,12-14,26H2,1H3/b10-5+;9-4+. The van der Waals surface area contributed by atoms with E-state index in [0.717, 1.165) is 82.3 Å². The molecule has 8 rings (SSSR count). The zero-order valence-corrected chi connectivity index (χ0v) is 38.2. The number of nitrogen functional groups attached to an aromatic ring is 1. The number of carbonyl (C=O) groups is 2. The fraction of sp³-hybridized carbons (Fsp3) is 0.362. The highest BCUT2D eigenvalue weighted by Gasteiger charge is 2.43. The lowest BCUT2D eigenvalue weighted by Gasteiger charge is -2.40. The van der Waals surface area contributed by atoms with Gasteiger partial charge in [0.15, 0.2) is 0 Å². The molecule has 4 heterocycles. The number of carbonyl (C=O) groups excluding carboxylic acids is 2. The predicted molar refractivity (Wildman–Crippen MR) is 248 cm³/mol. The smallest absolute Gasteiger partial charge is 0.247 e. The number of fused-ring (bicyclic) bond motifs is 4. The number of amides is 2. The van der Waals surface area contributed by atoms with Crippen LogP contribution < -0.4 is 19.9 Å². The molecule has 17 heteroatoms. The minimum absolute atomic E-state index is 0.00255. The van der Waals surface area contributed by atoms with E-state index in [4.69, 9.17) is 38.4 Å². The third kappa shape index (κ3) is 11.5. The van der Waals surface area contributed by atoms with Crippen LogP contribution in [0.4, 0.5) is 20.2 Å². The number of nitrogens with one attached hydrogen (secondary N) is 1. The molecule has 0 spiro atoms. The number of piperazine rings is 2. The summed E-state index contributed by atoms with van der Waals surface area (Å²) in [6.45, 7) is 4.64. The Labute approximate surface area is 383 Å². The van der Waals surface area contributed by atoms with Crippen LogP contribution in [0.2, 0.25) is 10.0 Å². The summed E-state index contributed by atoms with van der Waals surface area (Å²) in [5.41, 5.74) is 10.1. The maximum atomic E-state index is 13.2. The van der Waals surface area contributed by atoms with Gasteiger partial charge in [0.1, 0.15) is 23.1 Å². The van der Waals surface area contributed by atoms with Gasteiger partial charge in [-0.25, -0.2) is 17.2 Å². The number of halogens is 4. The van der Waals surface area contributed by atoms with Crippen molar-refractivity contribution in [3.05, 3.63) is 129 Å². The molecule has 0 aromatic heterocycles. The normalized spacial score (nSPS) is 21.0. The van der Waals surface area contributed by atoms with Crippen molar-refractivity contribution in [2.45, 2.75) is 62.9 Å². The lowest BCUT2D eigenvalue weighted by atomic mass is 10.1. The lowest BCUT2D eigenvalue weighted by Crippen LogP contribution is -2.55. The summed E-state index contributed by atoms with van der Waals surface area (Å²) in [6.07, 6.45) is 11.3. The van der Waals surface area contributed by atoms with E-state index in [1.165, 1.54) is 43.5 Å². The van der Waals surface area contributed by atoms with Crippen LogP contribution in [0, 0.1) is 11.6 Å². The van der Waals surface area contributed by atoms with Crippen molar-refractivity contribution < 1.29 is 36.3 Å². The number of hydrogen-bond donors (Lipinski definition) is 2. The average Bonchev–Trinajstić information content (AvgIpc) is 3.68. The van der Waals surface area contributed by atoms with Crippen LogP contribution in [0.1, 0.15) is 47.9 Å². The Morgan fingerprint density at radius 1 is 0.688 bits per heavy atom. The fourth-order valence-corrected chi connectivity index (χ4v) is 10.3. The Kier molecular flexibility index (Phi) is 14.9. The molecule has 3 N–H and O–H groups in total. The monoisotopic (exact) mass is 936 g/mol. The van der Waals surface area contributed by atoms with E-state index in [-0.39, 0.29) is 58.3 Å². The number of methoxy groups -OCH3 is 2. The summed E-state index contributed by atoms with van der Waals surface area (Å²) < 4.78 is 62.8. The first-order chi connectivity index (χ1) is 30.6. The molecule has 4 aromatic carbocycles. The molecule has 4 saturated heterocycles. The summed E-state index contributed by atoms with van der Waals surface area (Å²) in [4.78, 5) is 34.7. The molecule has 4 aromatic rings. The molecular formula is C47H52Cl2F2N6O6S. The summed E-state index contributed by atoms with van der Waals surface area (Å²) >= 11 is 12.2. The van der Waals surface area contributed by atoms with Gasteiger partial charge < -0.3 is 25.0 Å². The highest BCUT2D eigenvalue weighted by Crippen LogP contribution is 2.36. The number of sulfonamides is 1. The van der Waals surface area contributed by atoms with E-state index >= 15 is 0 Å². The lowest BCUT2D eigenvalue weighted by molar-refractivity contribution is -0.132. The second-order valence-electron chi connectivity index (χ2n) is 16.6. The average molecular weight is 938 g/mol. The second kappa shape index (κ2) is 20.3. The highest BCUT2D eigenvalue weighted by atomic mass is 35.5. The molecular weight excluding hydrogens is 886 g/mol. The van der Waals surface area contributed by atoms with Gasteiger partial charge in [-0.2, -0.15) is 0 Å². The molecule has 4 fully saturated rings. The number of rotatable bonds is 12. The first-order valence-electron chi connectivity index (χ1n) is 21.0. The fourth-order valence-electron chi connectivity index (χ4n) is 9.19. The Morgan fingerprint density at radius 3 is 1.48 bits per heavy atom. The number of nitrogens with zero attached hydrogens (tertiary/aromatic N) is 4. The molecule has 4 aliphatic heterocycles. The summed E-state index contributed by atoms with van der Waals surface area (Å²) in [6, 6.07) is 20.1. The minimum Gasteiger partial charge on any atom is -0.495 e. The van der Waals surface area contributed by atoms with Crippen molar-refractivity contribution in [3.63, 3.8) is 0 Å². The van der Waals surface area contributed by atoms with Crippen molar-refractivity contribution >= 4 is 68.6 Å². The molecule has 4 atom stereocenters. The van der Waals surface area contributed by atoms with Gasteiger partial charge in [-0.15, -0.1) is 0 Å². The summed E-state index contributed by atoms with van der Waals surface area (Å²) in [7, 11) is -0.536. The van der Waals surface area contributed by atoms with Gasteiger partial charge in [-0.05, 0) is 97.5 Å². The quantitative estimate of drug-likeness (QED) is 0.108. The van der Waals surface area contributed by atoms with Gasteiger partial charge in [0.05, 0.1) is 36.2 Å². The summed E-state index contributed by atoms with van der Waals surface area (Å²) in [5, 5.41) is 0.696. The van der Waals surface area contributed by atoms with Gasteiger partial charge in [-0.1, -0.05) is 47.5 Å². The molecule has 12 nitrogen and oxygen atoms in total. The minimum atomic E-state index is -3.54. The molecule has 0 radical (unpaired) electrons. The van der Waals surface area contributed by atoms with Crippen molar-refractivity contribution in [1.29, 1.82) is 0 Å². The van der Waals surface area contributed by atoms with Crippen LogP contribution in [0.25, 0.3) is 12.2 Å². The maximum absolute atomic E-state index is 13.2. The van der Waals surface area contributed by atoms with Crippen LogP contribution in [-0.2, 0) is 32.7 Å². The van der Waals surface area contributed by atoms with E-state index in [2.05, 4.69) is 14.5 Å². The van der Waals surface area contributed by atoms with E-state index in [9.17, 15) is 26.8 Å². The topological polar surface area (TPSA) is 138 Å². The Morgan fingerprint density at radius 2 is 1.08 bits per heavy atom. The van der Waals surface area contributed by atoms with Crippen molar-refractivity contribution in [1.82, 2.24) is 19.6 Å². The van der Waals surface area contributed by atoms with Crippen molar-refractivity contribution in [2.75, 3.05) is 57.1 Å². The number of hydrogen-bond acceptors (Lipinski definition) is 9. The highest BCUT2D eigenvalue weighted by molar-refractivity contribution is 7.92. The number of nitrogens with two attached hydrogens (primary N) is 1. The van der Waals surface area contributed by atoms with E-state index in [1.807, 2.05) is 21.9 Å². The van der Waals surface area contributed by atoms with Gasteiger partial charge in [0.2, 0.25) is 21.8 Å². The maximum Gasteiger partial charge on any atom is 0.247 e. The van der Waals surface area contributed by atoms with Crippen LogP contribution in [0.3, 0.4) is 0 Å². The molecule has 64 heavy (non-hydrogen) atoms. The molecule has 4 aliphatic rings. The first-order valence-corrected chi connectivity index (χ1v) is 23.6. The zero-order valence-electron chi connectivity index (χ0n) is 35.9. The predicted octanol–water partition coefficient (Wildman–Crippen LogP) is 7.71. The van der Waals surface area contributed by atoms with Crippen LogP contribution in [0.15, 0.2) is 84.9 Å². The number of benzene rings is 4. The van der Waals surface area contributed by atoms with Crippen LogP contribution in [-0.4, -0.2) is 111 Å². The SMILES string of the molecule is COc1cc(/C=C/C(=O)N2C3CCC2CN(Cc2ccc(F)cc2)C3)c(N)cc1Cl.COc1cc(/C=C/C(=O)N2C3CCC2CN(Cc2ccc(F)cc2)C3)c(NS(C)(=O)=O)cc1Cl. The van der Waals surface area contributed by atoms with E-state index in [0.29, 0.717) is 33.3 Å². The van der Waals surface area contributed by atoms with E-state index < -0.39 is 10.0 Å². The van der Waals surface area contributed by atoms with Gasteiger partial charge >= 0.3 is 0 Å². The molecule has 0 aliphatic carbocycles. The van der Waals surface area contributed by atoms with Crippen LogP contribution >= 0.6 is 23.2 Å². The molecule has 340 valence electrons. The first kappa shape index (κ1) is 46.8. The van der Waals surface area contributed by atoms with Gasteiger partial charge in [0.25, 0.3) is 0 Å². The second-order valence-corrected chi connectivity index (χ2v) is 19.2. The molecule has 0 saturated carbocycles. The third-order valence-corrected chi connectivity index (χ3v) is 13.2. The third-order valence-electron chi connectivity index (χ3n) is 12.1. The van der Waals surface area contributed by atoms with Gasteiger partial charge in [-0.3, -0.25) is 24.1 Å². The number of ether oxygens (including phenoxy) is 2. The van der Waals surface area contributed by atoms with Crippen LogP contribution in [0.5, 0.6) is 11.5 Å². The Balaban J connectivity index is 0.000000193. The molecule has 4 bridgehead atoms. The zero-order chi connectivity index (χ0) is 45.7. The summed E-state index contributed by atoms with van der Waals surface area (Å²) in [5.74, 6) is 0.305. The number of anilines is 2. The van der Waals surface area contributed by atoms with Crippen molar-refractivity contribution in [3.8, 4) is 11.5 Å². The molecule has 4 unspecified atom stereocenters. The molecule has 2 amide bonds. The number of likely N-dealkylation sites (tertiary alicyclic amines) is 2. The largest absolute Gasteiger partial charge is 0.495 e. The van der Waals surface area contributed by atoms with Gasteiger partial charge in [0, 0.05) is 92.4 Å². The van der Waals surface area contributed by atoms with Crippen molar-refractivity contribution in [2.24, 2.45) is 0 Å². The Hall–Kier alpha value is -5.19. The Bertz CT molecular complexity index is 2480. The van der Waals surface area contributed by atoms with E-state index in [1.54, 1.807) is 55.7 Å².